The van der Waals surface area contributed by atoms with Crippen molar-refractivity contribution < 1.29 is 19.4 Å². The Balaban J connectivity index is 1.79. The number of nitrogens with one attached hydrogen (secondary N) is 1. The summed E-state index contributed by atoms with van der Waals surface area (Å²) in [6.45, 7) is 2.24. The fraction of sp³-hybridized carbons (Fsp3) is 0.500. The maximum absolute atomic E-state index is 11.8. The Morgan fingerprint density at radius 1 is 1.29 bits per heavy atom. The van der Waals surface area contributed by atoms with E-state index in [2.05, 4.69) is 12.2 Å². The summed E-state index contributed by atoms with van der Waals surface area (Å²) in [5.74, 6) is -0.521. The first-order chi connectivity index (χ1) is 10.0. The van der Waals surface area contributed by atoms with Gasteiger partial charge in [-0.25, -0.2) is 4.79 Å². The predicted octanol–water partition coefficient (Wildman–Crippen LogP) is 2.92. The number of rotatable bonds is 5. The Hall–Kier alpha value is -1.88. The zero-order valence-electron chi connectivity index (χ0n) is 12.2. The summed E-state index contributed by atoms with van der Waals surface area (Å²) in [6, 6.07) is 6.18. The van der Waals surface area contributed by atoms with Gasteiger partial charge in [-0.15, -0.1) is 0 Å². The number of carbonyl (C=O) groups excluding carboxylic acids is 1. The lowest BCUT2D eigenvalue weighted by atomic mass is 9.89. The predicted molar refractivity (Wildman–Crippen MR) is 79.4 cm³/mol. The number of hydrogen-bond acceptors (Lipinski definition) is 3. The topological polar surface area (TPSA) is 75.6 Å². The number of benzene rings is 1. The molecule has 0 radical (unpaired) electrons. The normalized spacial score (nSPS) is 21.8. The monoisotopic (exact) mass is 291 g/mol. The van der Waals surface area contributed by atoms with Crippen molar-refractivity contribution in [3.63, 3.8) is 0 Å². The van der Waals surface area contributed by atoms with Crippen LogP contribution in [0.4, 0.5) is 5.69 Å². The van der Waals surface area contributed by atoms with Crippen LogP contribution in [0.2, 0.25) is 0 Å². The van der Waals surface area contributed by atoms with Gasteiger partial charge in [-0.2, -0.15) is 0 Å². The van der Waals surface area contributed by atoms with Crippen molar-refractivity contribution in [3.05, 3.63) is 29.8 Å². The van der Waals surface area contributed by atoms with Gasteiger partial charge in [0.25, 0.3) is 0 Å². The van der Waals surface area contributed by atoms with Gasteiger partial charge in [0.1, 0.15) is 6.61 Å². The van der Waals surface area contributed by atoms with Gasteiger partial charge in [0.05, 0.1) is 11.7 Å². The highest BCUT2D eigenvalue weighted by Gasteiger charge is 2.19. The van der Waals surface area contributed by atoms with E-state index in [1.54, 1.807) is 12.1 Å². The summed E-state index contributed by atoms with van der Waals surface area (Å²) in [5.41, 5.74) is 0.621. The van der Waals surface area contributed by atoms with Crippen molar-refractivity contribution in [2.24, 2.45) is 5.92 Å². The molecule has 0 bridgehead atoms. The minimum absolute atomic E-state index is 0.0103. The van der Waals surface area contributed by atoms with Crippen LogP contribution < -0.4 is 5.32 Å². The molecule has 1 aromatic carbocycles. The molecule has 5 nitrogen and oxygen atoms in total. The lowest BCUT2D eigenvalue weighted by molar-refractivity contribution is -0.123. The van der Waals surface area contributed by atoms with E-state index in [9.17, 15) is 9.59 Å². The Kier molecular flexibility index (Phi) is 5.33. The van der Waals surface area contributed by atoms with Gasteiger partial charge in [-0.3, -0.25) is 4.79 Å². The molecule has 21 heavy (non-hydrogen) atoms. The molecular weight excluding hydrogens is 270 g/mol. The van der Waals surface area contributed by atoms with Crippen LogP contribution in [0.15, 0.2) is 24.3 Å². The second kappa shape index (κ2) is 7.22. The fourth-order valence-corrected chi connectivity index (χ4v) is 2.52. The van der Waals surface area contributed by atoms with E-state index in [1.165, 1.54) is 12.1 Å². The molecule has 114 valence electrons. The second-order valence-corrected chi connectivity index (χ2v) is 5.63. The molecule has 1 saturated carbocycles. The summed E-state index contributed by atoms with van der Waals surface area (Å²) in [7, 11) is 0. The van der Waals surface area contributed by atoms with Crippen molar-refractivity contribution in [1.82, 2.24) is 0 Å². The summed E-state index contributed by atoms with van der Waals surface area (Å²) >= 11 is 0. The Labute approximate surface area is 124 Å². The highest BCUT2D eigenvalue weighted by Crippen LogP contribution is 2.25. The van der Waals surface area contributed by atoms with Crippen LogP contribution in [0.1, 0.15) is 43.0 Å². The SMILES string of the molecule is CC1CCC(OCC(=O)Nc2cccc(C(=O)O)c2)CC1. The third-order valence-corrected chi connectivity index (χ3v) is 3.81. The maximum Gasteiger partial charge on any atom is 0.335 e. The van der Waals surface area contributed by atoms with Crippen LogP contribution in [0, 0.1) is 5.92 Å². The zero-order chi connectivity index (χ0) is 15.2. The molecule has 1 aromatic rings. The van der Waals surface area contributed by atoms with Gasteiger partial charge in [-0.05, 0) is 49.8 Å². The van der Waals surface area contributed by atoms with Gasteiger partial charge in [0.2, 0.25) is 5.91 Å². The first kappa shape index (κ1) is 15.5. The van der Waals surface area contributed by atoms with Gasteiger partial charge in [-0.1, -0.05) is 13.0 Å². The number of aromatic carboxylic acids is 1. The third-order valence-electron chi connectivity index (χ3n) is 3.81. The van der Waals surface area contributed by atoms with Crippen molar-refractivity contribution in [2.45, 2.75) is 38.7 Å². The maximum atomic E-state index is 11.8. The molecule has 0 aromatic heterocycles. The van der Waals surface area contributed by atoms with Crippen LogP contribution in [0.3, 0.4) is 0 Å². The highest BCUT2D eigenvalue weighted by atomic mass is 16.5. The largest absolute Gasteiger partial charge is 0.478 e. The Bertz CT molecular complexity index is 507. The summed E-state index contributed by atoms with van der Waals surface area (Å²) in [6.07, 6.45) is 4.46. The molecule has 1 amide bonds. The molecule has 0 atom stereocenters. The molecule has 0 spiro atoms. The number of ether oxygens (including phenoxy) is 1. The minimum atomic E-state index is -1.02. The average Bonchev–Trinajstić information content (AvgIpc) is 2.47. The lowest BCUT2D eigenvalue weighted by Gasteiger charge is -2.25. The van der Waals surface area contributed by atoms with Crippen LogP contribution >= 0.6 is 0 Å². The minimum Gasteiger partial charge on any atom is -0.478 e. The van der Waals surface area contributed by atoms with Gasteiger partial charge in [0.15, 0.2) is 0 Å². The molecule has 1 aliphatic carbocycles. The van der Waals surface area contributed by atoms with Crippen LogP contribution in [-0.2, 0) is 9.53 Å². The standard InChI is InChI=1S/C16H21NO4/c1-11-5-7-14(8-6-11)21-10-15(18)17-13-4-2-3-12(9-13)16(19)20/h2-4,9,11,14H,5-8,10H2,1H3,(H,17,18)(H,19,20). The van der Waals surface area contributed by atoms with Gasteiger partial charge >= 0.3 is 5.97 Å². The van der Waals surface area contributed by atoms with E-state index >= 15 is 0 Å². The molecule has 1 fully saturated rings. The van der Waals surface area contributed by atoms with Crippen LogP contribution in [0.5, 0.6) is 0 Å². The van der Waals surface area contributed by atoms with E-state index in [-0.39, 0.29) is 24.2 Å². The molecule has 0 aliphatic heterocycles. The molecule has 0 unspecified atom stereocenters. The summed E-state index contributed by atoms with van der Waals surface area (Å²) < 4.78 is 5.61. The first-order valence-corrected chi connectivity index (χ1v) is 7.29. The number of carboxylic acid groups (broad SMARTS) is 1. The number of anilines is 1. The van der Waals surface area contributed by atoms with Gasteiger partial charge in [0, 0.05) is 5.69 Å². The lowest BCUT2D eigenvalue weighted by Crippen LogP contribution is -2.26. The van der Waals surface area contributed by atoms with Crippen LogP contribution in [-0.4, -0.2) is 29.7 Å². The van der Waals surface area contributed by atoms with E-state index in [0.717, 1.165) is 31.6 Å². The molecule has 5 heteroatoms. The van der Waals surface area contributed by atoms with Crippen molar-refractivity contribution in [2.75, 3.05) is 11.9 Å². The van der Waals surface area contributed by atoms with Crippen molar-refractivity contribution in [3.8, 4) is 0 Å². The van der Waals surface area contributed by atoms with Crippen molar-refractivity contribution in [1.29, 1.82) is 0 Å². The number of carbonyl (C=O) groups is 2. The average molecular weight is 291 g/mol. The number of hydrogen-bond donors (Lipinski definition) is 2. The van der Waals surface area contributed by atoms with Gasteiger partial charge < -0.3 is 15.2 Å². The smallest absolute Gasteiger partial charge is 0.335 e. The number of carboxylic acids is 1. The second-order valence-electron chi connectivity index (χ2n) is 5.63. The highest BCUT2D eigenvalue weighted by molar-refractivity contribution is 5.94. The Morgan fingerprint density at radius 2 is 2.00 bits per heavy atom. The van der Waals surface area contributed by atoms with E-state index in [0.29, 0.717) is 5.69 Å². The summed E-state index contributed by atoms with van der Waals surface area (Å²) in [5, 5.41) is 11.6. The molecule has 2 rings (SSSR count). The molecule has 0 heterocycles. The molecule has 1 aliphatic rings. The zero-order valence-corrected chi connectivity index (χ0v) is 12.2. The molecular formula is C16H21NO4. The Morgan fingerprint density at radius 3 is 2.67 bits per heavy atom. The third kappa shape index (κ3) is 4.86. The van der Waals surface area contributed by atoms with E-state index in [1.807, 2.05) is 0 Å². The molecule has 0 saturated heterocycles. The fourth-order valence-electron chi connectivity index (χ4n) is 2.52. The van der Waals surface area contributed by atoms with Crippen molar-refractivity contribution >= 4 is 17.6 Å². The van der Waals surface area contributed by atoms with Crippen LogP contribution in [0.25, 0.3) is 0 Å². The van der Waals surface area contributed by atoms with E-state index in [4.69, 9.17) is 9.84 Å². The quantitative estimate of drug-likeness (QED) is 0.874. The summed E-state index contributed by atoms with van der Waals surface area (Å²) in [4.78, 5) is 22.7. The molecule has 2 N–H and O–H groups in total. The number of amides is 1. The first-order valence-electron chi connectivity index (χ1n) is 7.29. The van der Waals surface area contributed by atoms with E-state index < -0.39 is 5.97 Å².